The van der Waals surface area contributed by atoms with Gasteiger partial charge in [0.2, 0.25) is 0 Å². The van der Waals surface area contributed by atoms with E-state index >= 15 is 0 Å². The van der Waals surface area contributed by atoms with Crippen molar-refractivity contribution in [2.75, 3.05) is 13.2 Å². The number of ether oxygens (including phenoxy) is 3. The van der Waals surface area contributed by atoms with E-state index in [0.29, 0.717) is 19.3 Å². The molecule has 54 heavy (non-hydrogen) atoms. The average molecular weight is 749 g/mol. The summed E-state index contributed by atoms with van der Waals surface area (Å²) in [6.07, 6.45) is 54.2. The van der Waals surface area contributed by atoms with Crippen molar-refractivity contribution in [1.82, 2.24) is 0 Å². The van der Waals surface area contributed by atoms with Gasteiger partial charge in [0.1, 0.15) is 13.2 Å². The number of carbonyl (C=O) groups excluding carboxylic acids is 3. The monoisotopic (exact) mass is 749 g/mol. The van der Waals surface area contributed by atoms with Gasteiger partial charge in [0.25, 0.3) is 0 Å². The summed E-state index contributed by atoms with van der Waals surface area (Å²) in [6.45, 7) is 6.22. The Hall–Kier alpha value is -3.67. The quantitative estimate of drug-likeness (QED) is 0.0275. The molecule has 0 N–H and O–H groups in total. The van der Waals surface area contributed by atoms with Gasteiger partial charge in [-0.1, -0.05) is 176 Å². The fraction of sp³-hybridized carbons (Fsp3) is 0.604. The van der Waals surface area contributed by atoms with Crippen LogP contribution in [0.2, 0.25) is 0 Å². The number of unbranched alkanes of at least 4 members (excludes halogenated alkanes) is 9. The smallest absolute Gasteiger partial charge is 0.306 e. The minimum absolute atomic E-state index is 0.129. The Balaban J connectivity index is 4.61. The molecule has 0 rings (SSSR count). The van der Waals surface area contributed by atoms with E-state index < -0.39 is 12.1 Å². The van der Waals surface area contributed by atoms with Crippen LogP contribution in [0.15, 0.2) is 97.2 Å². The first-order chi connectivity index (χ1) is 26.5. The van der Waals surface area contributed by atoms with Gasteiger partial charge in [0.15, 0.2) is 6.10 Å². The normalized spacial score (nSPS) is 13.0. The van der Waals surface area contributed by atoms with Crippen LogP contribution in [0.25, 0.3) is 0 Å². The molecule has 6 nitrogen and oxygen atoms in total. The zero-order chi connectivity index (χ0) is 39.4. The Bertz CT molecular complexity index is 1140. The first-order valence-electron chi connectivity index (χ1n) is 21.2. The summed E-state index contributed by atoms with van der Waals surface area (Å²) in [5.74, 6) is -1.11. The van der Waals surface area contributed by atoms with Gasteiger partial charge in [-0.25, -0.2) is 0 Å². The van der Waals surface area contributed by atoms with Crippen LogP contribution < -0.4 is 0 Å². The van der Waals surface area contributed by atoms with E-state index in [1.165, 1.54) is 44.9 Å². The Morgan fingerprint density at radius 1 is 0.389 bits per heavy atom. The van der Waals surface area contributed by atoms with E-state index in [9.17, 15) is 14.4 Å². The van der Waals surface area contributed by atoms with Crippen molar-refractivity contribution < 1.29 is 28.6 Å². The van der Waals surface area contributed by atoms with Crippen LogP contribution in [0.4, 0.5) is 0 Å². The van der Waals surface area contributed by atoms with Gasteiger partial charge in [-0.3, -0.25) is 14.4 Å². The fourth-order valence-corrected chi connectivity index (χ4v) is 5.23. The Labute approximate surface area is 330 Å². The third kappa shape index (κ3) is 39.5. The molecule has 6 heteroatoms. The van der Waals surface area contributed by atoms with Crippen molar-refractivity contribution >= 4 is 17.9 Å². The second kappa shape index (κ2) is 42.1. The number of esters is 3. The van der Waals surface area contributed by atoms with Crippen LogP contribution in [0.3, 0.4) is 0 Å². The van der Waals surface area contributed by atoms with Gasteiger partial charge in [0, 0.05) is 19.3 Å². The summed E-state index contributed by atoms with van der Waals surface area (Å²) in [7, 11) is 0. The average Bonchev–Trinajstić information content (AvgIpc) is 3.17. The maximum absolute atomic E-state index is 12.6. The second-order valence-electron chi connectivity index (χ2n) is 13.5. The second-order valence-corrected chi connectivity index (χ2v) is 13.5. The first-order valence-corrected chi connectivity index (χ1v) is 21.2. The highest BCUT2D eigenvalue weighted by Crippen LogP contribution is 2.12. The highest BCUT2D eigenvalue weighted by Gasteiger charge is 2.19. The highest BCUT2D eigenvalue weighted by atomic mass is 16.6. The summed E-state index contributed by atoms with van der Waals surface area (Å²) in [4.78, 5) is 37.5. The minimum atomic E-state index is -0.840. The Morgan fingerprint density at radius 3 is 1.13 bits per heavy atom. The summed E-state index contributed by atoms with van der Waals surface area (Å²) < 4.78 is 16.5. The molecular formula is C48H76O6. The van der Waals surface area contributed by atoms with E-state index in [-0.39, 0.29) is 38.0 Å². The number of rotatable bonds is 36. The van der Waals surface area contributed by atoms with Gasteiger partial charge < -0.3 is 14.2 Å². The maximum atomic E-state index is 12.6. The summed E-state index contributed by atoms with van der Waals surface area (Å²) >= 11 is 0. The molecule has 0 radical (unpaired) electrons. The summed E-state index contributed by atoms with van der Waals surface area (Å²) in [5, 5.41) is 0. The number of hydrogen-bond donors (Lipinski definition) is 0. The molecule has 1 atom stereocenters. The third-order valence-corrected chi connectivity index (χ3v) is 8.36. The predicted octanol–water partition coefficient (Wildman–Crippen LogP) is 13.5. The van der Waals surface area contributed by atoms with E-state index in [0.717, 1.165) is 70.6 Å². The van der Waals surface area contributed by atoms with Crippen LogP contribution >= 0.6 is 0 Å². The van der Waals surface area contributed by atoms with Crippen LogP contribution in [0.5, 0.6) is 0 Å². The van der Waals surface area contributed by atoms with Gasteiger partial charge in [-0.05, 0) is 70.6 Å². The molecule has 304 valence electrons. The molecule has 0 aliphatic rings. The standard InChI is InChI=1S/C48H76O6/c1-4-7-10-13-16-19-22-24-26-29-32-35-38-41-47(50)53-44-45(43-52-46(49)40-37-34-31-28-21-18-15-12-9-6-3)54-48(51)42-39-36-33-30-27-25-23-20-17-14-11-8-5-2/h7-8,10-11,16-17,19-20,24-27,32-33,35-36,45H,4-6,9,12-15,18,21-23,28-31,34,37-44H2,1-3H3/b10-7-,11-8-,19-16-,20-17-,26-24-,27-25-,35-32-,36-33-. The topological polar surface area (TPSA) is 78.9 Å². The largest absolute Gasteiger partial charge is 0.462 e. The van der Waals surface area contributed by atoms with Gasteiger partial charge in [0.05, 0.1) is 0 Å². The van der Waals surface area contributed by atoms with Crippen LogP contribution in [-0.4, -0.2) is 37.2 Å². The molecule has 0 saturated heterocycles. The van der Waals surface area contributed by atoms with Gasteiger partial charge in [-0.2, -0.15) is 0 Å². The molecule has 0 saturated carbocycles. The van der Waals surface area contributed by atoms with Crippen LogP contribution in [-0.2, 0) is 28.6 Å². The van der Waals surface area contributed by atoms with Crippen molar-refractivity contribution in [3.8, 4) is 0 Å². The Kier molecular flexibility index (Phi) is 39.2. The number of hydrogen-bond acceptors (Lipinski definition) is 6. The zero-order valence-electron chi connectivity index (χ0n) is 34.4. The van der Waals surface area contributed by atoms with E-state index in [2.05, 4.69) is 93.7 Å². The molecular weight excluding hydrogens is 673 g/mol. The molecule has 0 aromatic rings. The SMILES string of the molecule is CC/C=C\C/C=C\C/C=C\C/C=C\CCC(=O)OCC(COC(=O)CCCCCCCCCCCC)OC(=O)CC/C=C\C/C=C\C/C=C\C/C=C\CC. The van der Waals surface area contributed by atoms with Crippen molar-refractivity contribution in [2.24, 2.45) is 0 Å². The van der Waals surface area contributed by atoms with Crippen molar-refractivity contribution in [2.45, 2.75) is 175 Å². The molecule has 0 aromatic heterocycles. The van der Waals surface area contributed by atoms with E-state index in [1.807, 2.05) is 24.3 Å². The molecule has 0 spiro atoms. The highest BCUT2D eigenvalue weighted by molar-refractivity contribution is 5.71. The Morgan fingerprint density at radius 2 is 0.722 bits per heavy atom. The third-order valence-electron chi connectivity index (χ3n) is 8.36. The lowest BCUT2D eigenvalue weighted by Gasteiger charge is -2.18. The van der Waals surface area contributed by atoms with Crippen molar-refractivity contribution in [3.63, 3.8) is 0 Å². The van der Waals surface area contributed by atoms with E-state index in [4.69, 9.17) is 14.2 Å². The zero-order valence-corrected chi connectivity index (χ0v) is 34.4. The minimum Gasteiger partial charge on any atom is -0.462 e. The molecule has 0 fully saturated rings. The number of allylic oxidation sites excluding steroid dienone is 16. The summed E-state index contributed by atoms with van der Waals surface area (Å²) in [6, 6.07) is 0. The lowest BCUT2D eigenvalue weighted by Crippen LogP contribution is -2.30. The molecule has 1 unspecified atom stereocenters. The van der Waals surface area contributed by atoms with Crippen molar-refractivity contribution in [3.05, 3.63) is 97.2 Å². The van der Waals surface area contributed by atoms with Crippen LogP contribution in [0, 0.1) is 0 Å². The lowest BCUT2D eigenvalue weighted by atomic mass is 10.1. The maximum Gasteiger partial charge on any atom is 0.306 e. The molecule has 0 heterocycles. The molecule has 0 aliphatic carbocycles. The lowest BCUT2D eigenvalue weighted by molar-refractivity contribution is -0.166. The molecule has 0 aromatic carbocycles. The first kappa shape index (κ1) is 50.3. The molecule has 0 aliphatic heterocycles. The predicted molar refractivity (Wildman–Crippen MR) is 228 cm³/mol. The molecule has 0 bridgehead atoms. The van der Waals surface area contributed by atoms with E-state index in [1.54, 1.807) is 0 Å². The fourth-order valence-electron chi connectivity index (χ4n) is 5.23. The number of carbonyl (C=O) groups is 3. The molecule has 0 amide bonds. The van der Waals surface area contributed by atoms with Gasteiger partial charge >= 0.3 is 17.9 Å². The summed E-state index contributed by atoms with van der Waals surface area (Å²) in [5.41, 5.74) is 0. The van der Waals surface area contributed by atoms with Gasteiger partial charge in [-0.15, -0.1) is 0 Å². The van der Waals surface area contributed by atoms with Crippen molar-refractivity contribution in [1.29, 1.82) is 0 Å². The van der Waals surface area contributed by atoms with Crippen LogP contribution in [0.1, 0.15) is 168 Å².